The molecular formula is C31H52O2. The number of ether oxygens (including phenoxy) is 1. The van der Waals surface area contributed by atoms with E-state index in [2.05, 4.69) is 47.6 Å². The van der Waals surface area contributed by atoms with Crippen molar-refractivity contribution in [1.82, 2.24) is 0 Å². The van der Waals surface area contributed by atoms with E-state index in [4.69, 9.17) is 4.74 Å². The zero-order valence-corrected chi connectivity index (χ0v) is 22.6. The molecule has 0 N–H and O–H groups in total. The minimum atomic E-state index is 0.00772. The van der Waals surface area contributed by atoms with Gasteiger partial charge in [-0.25, -0.2) is 0 Å². The van der Waals surface area contributed by atoms with E-state index >= 15 is 0 Å². The lowest BCUT2D eigenvalue weighted by Gasteiger charge is -2.58. The third-order valence-electron chi connectivity index (χ3n) is 11.0. The van der Waals surface area contributed by atoms with Gasteiger partial charge in [-0.05, 0) is 97.7 Å². The summed E-state index contributed by atoms with van der Waals surface area (Å²) in [4.78, 5) is 12.1. The number of esters is 1. The highest BCUT2D eigenvalue weighted by Crippen LogP contribution is 2.67. The van der Waals surface area contributed by atoms with E-state index in [9.17, 15) is 4.79 Å². The molecule has 4 aliphatic carbocycles. The Morgan fingerprint density at radius 1 is 1.06 bits per heavy atom. The second kappa shape index (κ2) is 10.1. The van der Waals surface area contributed by atoms with Crippen LogP contribution in [0.25, 0.3) is 0 Å². The molecule has 4 rings (SSSR count). The lowest BCUT2D eigenvalue weighted by atomic mass is 9.47. The Bertz CT molecular complexity index is 722. The van der Waals surface area contributed by atoms with Crippen LogP contribution >= 0.6 is 0 Å². The van der Waals surface area contributed by atoms with Gasteiger partial charge in [0.2, 0.25) is 0 Å². The van der Waals surface area contributed by atoms with E-state index in [0.29, 0.717) is 17.3 Å². The molecule has 0 unspecified atom stereocenters. The molecule has 188 valence electrons. The van der Waals surface area contributed by atoms with Crippen LogP contribution in [0.2, 0.25) is 0 Å². The second-order valence-electron chi connectivity index (χ2n) is 13.4. The summed E-state index contributed by atoms with van der Waals surface area (Å²) in [5.74, 6) is 5.31. The van der Waals surface area contributed by atoms with E-state index in [0.717, 1.165) is 54.8 Å². The van der Waals surface area contributed by atoms with Gasteiger partial charge in [0, 0.05) is 12.8 Å². The van der Waals surface area contributed by atoms with Crippen LogP contribution in [-0.4, -0.2) is 12.1 Å². The molecule has 0 aromatic rings. The number of allylic oxidation sites excluding steroid dienone is 1. The molecular weight excluding hydrogens is 404 g/mol. The first kappa shape index (κ1) is 25.3. The van der Waals surface area contributed by atoms with Crippen molar-refractivity contribution in [2.45, 2.75) is 131 Å². The minimum absolute atomic E-state index is 0.00772. The number of fused-ring (bicyclic) bond motifs is 5. The first-order valence-electron chi connectivity index (χ1n) is 14.6. The Kier molecular flexibility index (Phi) is 7.72. The van der Waals surface area contributed by atoms with E-state index < -0.39 is 0 Å². The fraction of sp³-hybridized carbons (Fsp3) is 0.903. The highest BCUT2D eigenvalue weighted by atomic mass is 16.5. The molecule has 2 heteroatoms. The van der Waals surface area contributed by atoms with Gasteiger partial charge in [-0.2, -0.15) is 0 Å². The molecule has 4 aliphatic rings. The summed E-state index contributed by atoms with van der Waals surface area (Å²) in [6.07, 6.45) is 18.8. The first-order valence-corrected chi connectivity index (χ1v) is 14.6. The summed E-state index contributed by atoms with van der Waals surface area (Å²) >= 11 is 0. The summed E-state index contributed by atoms with van der Waals surface area (Å²) in [6, 6.07) is 0. The highest BCUT2D eigenvalue weighted by Gasteiger charge is 2.59. The molecule has 0 radical (unpaired) electrons. The van der Waals surface area contributed by atoms with Crippen molar-refractivity contribution in [2.75, 3.05) is 0 Å². The van der Waals surface area contributed by atoms with E-state index in [1.165, 1.54) is 57.8 Å². The van der Waals surface area contributed by atoms with Crippen molar-refractivity contribution in [3.8, 4) is 0 Å². The van der Waals surface area contributed by atoms with Crippen LogP contribution < -0.4 is 0 Å². The van der Waals surface area contributed by atoms with Crippen molar-refractivity contribution in [3.63, 3.8) is 0 Å². The Hall–Kier alpha value is -0.790. The van der Waals surface area contributed by atoms with Crippen molar-refractivity contribution in [2.24, 2.45) is 46.3 Å². The van der Waals surface area contributed by atoms with Crippen molar-refractivity contribution >= 4 is 5.97 Å². The Morgan fingerprint density at radius 2 is 1.85 bits per heavy atom. The Balaban J connectivity index is 1.43. The third-order valence-corrected chi connectivity index (χ3v) is 11.0. The van der Waals surface area contributed by atoms with Gasteiger partial charge >= 0.3 is 5.97 Å². The van der Waals surface area contributed by atoms with E-state index in [1.807, 2.05) is 0 Å². The molecule has 0 aromatic heterocycles. The predicted molar refractivity (Wildman–Crippen MR) is 138 cm³/mol. The number of rotatable bonds is 8. The lowest BCUT2D eigenvalue weighted by Crippen LogP contribution is -2.51. The van der Waals surface area contributed by atoms with Crippen LogP contribution in [0.3, 0.4) is 0 Å². The van der Waals surface area contributed by atoms with Gasteiger partial charge < -0.3 is 4.74 Å². The predicted octanol–water partition coefficient (Wildman–Crippen LogP) is 8.74. The molecule has 0 aliphatic heterocycles. The molecule has 0 saturated heterocycles. The molecule has 3 fully saturated rings. The summed E-state index contributed by atoms with van der Waals surface area (Å²) in [7, 11) is 0. The number of hydrogen-bond donors (Lipinski definition) is 0. The summed E-state index contributed by atoms with van der Waals surface area (Å²) in [6.45, 7) is 14.6. The van der Waals surface area contributed by atoms with Crippen molar-refractivity contribution < 1.29 is 9.53 Å². The van der Waals surface area contributed by atoms with Crippen LogP contribution in [0, 0.1) is 46.3 Å². The minimum Gasteiger partial charge on any atom is -0.462 e. The third kappa shape index (κ3) is 4.84. The van der Waals surface area contributed by atoms with Gasteiger partial charge in [0.05, 0.1) is 0 Å². The van der Waals surface area contributed by atoms with Crippen LogP contribution in [0.15, 0.2) is 11.6 Å². The SMILES string of the molecule is CCCC(=O)O[C@H]1CC[C@@]2(C)C(=CC[C@@H]3[C@H]4CC[C@@H]([C@@H](C)CCCC(C)C)[C@]4(C)CC[C@H]32)C1. The van der Waals surface area contributed by atoms with Gasteiger partial charge in [-0.1, -0.05) is 72.5 Å². The van der Waals surface area contributed by atoms with Gasteiger partial charge in [0.15, 0.2) is 0 Å². The second-order valence-corrected chi connectivity index (χ2v) is 13.4. The van der Waals surface area contributed by atoms with Crippen LogP contribution in [0.1, 0.15) is 125 Å². The maximum atomic E-state index is 12.1. The van der Waals surface area contributed by atoms with Crippen molar-refractivity contribution in [3.05, 3.63) is 11.6 Å². The number of hydrogen-bond acceptors (Lipinski definition) is 2. The monoisotopic (exact) mass is 456 g/mol. The van der Waals surface area contributed by atoms with E-state index in [1.54, 1.807) is 5.57 Å². The zero-order chi connectivity index (χ0) is 23.8. The lowest BCUT2D eigenvalue weighted by molar-refractivity contribution is -0.151. The quantitative estimate of drug-likeness (QED) is 0.269. The van der Waals surface area contributed by atoms with Gasteiger partial charge in [0.1, 0.15) is 6.10 Å². The first-order chi connectivity index (χ1) is 15.7. The molecule has 3 saturated carbocycles. The van der Waals surface area contributed by atoms with E-state index in [-0.39, 0.29) is 12.1 Å². The topological polar surface area (TPSA) is 26.3 Å². The maximum Gasteiger partial charge on any atom is 0.306 e. The van der Waals surface area contributed by atoms with Gasteiger partial charge in [-0.15, -0.1) is 0 Å². The average Bonchev–Trinajstić information content (AvgIpc) is 3.11. The molecule has 33 heavy (non-hydrogen) atoms. The van der Waals surface area contributed by atoms with Gasteiger partial charge in [0.25, 0.3) is 0 Å². The fourth-order valence-electron chi connectivity index (χ4n) is 9.20. The molecule has 0 heterocycles. The normalized spacial score (nSPS) is 41.1. The molecule has 8 atom stereocenters. The van der Waals surface area contributed by atoms with Gasteiger partial charge in [-0.3, -0.25) is 4.79 Å². The summed E-state index contributed by atoms with van der Waals surface area (Å²) < 4.78 is 5.85. The van der Waals surface area contributed by atoms with Crippen LogP contribution in [0.5, 0.6) is 0 Å². The average molecular weight is 457 g/mol. The fourth-order valence-corrected chi connectivity index (χ4v) is 9.20. The standard InChI is InChI=1S/C31H52O2/c1-7-9-29(32)33-24-16-18-30(5)23(20-24)12-13-25-27-15-14-26(22(4)11-8-10-21(2)3)31(27,6)19-17-28(25)30/h12,21-22,24-28H,7-11,13-20H2,1-6H3/t22-,24-,25+,26-,27+,28+,30-,31-/m0/s1. The van der Waals surface area contributed by atoms with Crippen molar-refractivity contribution in [1.29, 1.82) is 0 Å². The summed E-state index contributed by atoms with van der Waals surface area (Å²) in [5.41, 5.74) is 2.54. The highest BCUT2D eigenvalue weighted by molar-refractivity contribution is 5.69. The molecule has 0 bridgehead atoms. The Morgan fingerprint density at radius 3 is 2.58 bits per heavy atom. The number of carbonyl (C=O) groups excluding carboxylic acids is 1. The molecule has 2 nitrogen and oxygen atoms in total. The smallest absolute Gasteiger partial charge is 0.306 e. The molecule has 0 amide bonds. The number of carbonyl (C=O) groups is 1. The largest absolute Gasteiger partial charge is 0.462 e. The Labute approximate surface area is 204 Å². The van der Waals surface area contributed by atoms with Crippen LogP contribution in [0.4, 0.5) is 0 Å². The zero-order valence-electron chi connectivity index (χ0n) is 22.6. The molecule has 0 spiro atoms. The molecule has 0 aromatic carbocycles. The van der Waals surface area contributed by atoms with Crippen LogP contribution in [-0.2, 0) is 9.53 Å². The summed E-state index contributed by atoms with van der Waals surface area (Å²) in [5, 5.41) is 0. The maximum absolute atomic E-state index is 12.1.